The summed E-state index contributed by atoms with van der Waals surface area (Å²) in [6.45, 7) is 6.93. The summed E-state index contributed by atoms with van der Waals surface area (Å²) in [6.07, 6.45) is 4.29. The molecule has 2 bridgehead atoms. The van der Waals surface area contributed by atoms with E-state index >= 15 is 0 Å². The fraction of sp³-hybridized carbons (Fsp3) is 0.565. The molecule has 2 aliphatic rings. The van der Waals surface area contributed by atoms with E-state index in [0.29, 0.717) is 13.0 Å². The Morgan fingerprint density at radius 3 is 2.61 bits per heavy atom. The summed E-state index contributed by atoms with van der Waals surface area (Å²) in [5.74, 6) is 0.209. The van der Waals surface area contributed by atoms with Crippen LogP contribution in [0.3, 0.4) is 0 Å². The van der Waals surface area contributed by atoms with E-state index in [0.717, 1.165) is 37.1 Å². The van der Waals surface area contributed by atoms with Crippen LogP contribution in [0.4, 0.5) is 0 Å². The third kappa shape index (κ3) is 3.16. The molecule has 4 rings (SSSR count). The van der Waals surface area contributed by atoms with E-state index in [1.807, 2.05) is 29.8 Å². The standard InChI is InChI=1S/C23H31N3O2/c1-16-17(2)24-25(18(16)3)12-11-22(28)26-20-9-10-21(26)23(14-20,15-27)13-19-7-5-4-6-8-19/h4-8,20-21,27H,9-15H2,1-3H3/t20-,21+,23-/m0/s1. The first kappa shape index (κ1) is 19.2. The molecule has 2 saturated heterocycles. The molecule has 1 amide bonds. The normalized spacial score (nSPS) is 26.2. The van der Waals surface area contributed by atoms with Gasteiger partial charge in [0.2, 0.25) is 5.91 Å². The number of hydrogen-bond acceptors (Lipinski definition) is 3. The highest BCUT2D eigenvalue weighted by molar-refractivity contribution is 5.78. The summed E-state index contributed by atoms with van der Waals surface area (Å²) in [4.78, 5) is 15.3. The lowest BCUT2D eigenvalue weighted by atomic mass is 9.70. The molecule has 2 aliphatic heterocycles. The van der Waals surface area contributed by atoms with E-state index in [1.165, 1.54) is 11.1 Å². The molecule has 150 valence electrons. The predicted molar refractivity (Wildman–Crippen MR) is 109 cm³/mol. The second-order valence-corrected chi connectivity index (χ2v) is 8.70. The van der Waals surface area contributed by atoms with Gasteiger partial charge in [0.15, 0.2) is 0 Å². The van der Waals surface area contributed by atoms with Crippen molar-refractivity contribution in [1.82, 2.24) is 14.7 Å². The fourth-order valence-corrected chi connectivity index (χ4v) is 5.42. The predicted octanol–water partition coefficient (Wildman–Crippen LogP) is 3.18. The number of fused-ring (bicyclic) bond motifs is 2. The molecular formula is C23H31N3O2. The summed E-state index contributed by atoms with van der Waals surface area (Å²) in [7, 11) is 0. The summed E-state index contributed by atoms with van der Waals surface area (Å²) < 4.78 is 1.96. The zero-order valence-corrected chi connectivity index (χ0v) is 17.2. The minimum Gasteiger partial charge on any atom is -0.396 e. The molecule has 2 aromatic rings. The molecule has 0 saturated carbocycles. The Morgan fingerprint density at radius 1 is 1.21 bits per heavy atom. The molecule has 1 aromatic carbocycles. The minimum atomic E-state index is -0.200. The van der Waals surface area contributed by atoms with E-state index in [-0.39, 0.29) is 30.0 Å². The van der Waals surface area contributed by atoms with Crippen LogP contribution in [0, 0.1) is 26.2 Å². The van der Waals surface area contributed by atoms with Crippen molar-refractivity contribution < 1.29 is 9.90 Å². The maximum atomic E-state index is 13.1. The number of hydrogen-bond donors (Lipinski definition) is 1. The SMILES string of the molecule is Cc1nn(CCC(=O)N2[C@H]3CC[C@@H]2[C@@](CO)(Cc2ccccc2)C3)c(C)c1C. The number of carbonyl (C=O) groups is 1. The van der Waals surface area contributed by atoms with Gasteiger partial charge in [0.1, 0.15) is 0 Å². The average molecular weight is 382 g/mol. The zero-order chi connectivity index (χ0) is 19.9. The van der Waals surface area contributed by atoms with Crippen molar-refractivity contribution in [2.45, 2.75) is 71.5 Å². The van der Waals surface area contributed by atoms with Gasteiger partial charge in [-0.1, -0.05) is 30.3 Å². The van der Waals surface area contributed by atoms with Crippen molar-refractivity contribution in [3.63, 3.8) is 0 Å². The number of aliphatic hydroxyl groups is 1. The van der Waals surface area contributed by atoms with Crippen LogP contribution in [-0.2, 0) is 17.8 Å². The molecule has 0 unspecified atom stereocenters. The summed E-state index contributed by atoms with van der Waals surface area (Å²) in [6, 6.07) is 10.8. The number of carbonyl (C=O) groups excluding carboxylic acids is 1. The molecule has 1 N–H and O–H groups in total. The number of rotatable bonds is 6. The van der Waals surface area contributed by atoms with Crippen molar-refractivity contribution in [1.29, 1.82) is 0 Å². The molecule has 0 spiro atoms. The summed E-state index contributed by atoms with van der Waals surface area (Å²) in [5.41, 5.74) is 4.43. The van der Waals surface area contributed by atoms with E-state index in [9.17, 15) is 9.90 Å². The lowest BCUT2D eigenvalue weighted by Crippen LogP contribution is -2.44. The van der Waals surface area contributed by atoms with Crippen LogP contribution in [0.2, 0.25) is 0 Å². The molecule has 0 radical (unpaired) electrons. The maximum Gasteiger partial charge on any atom is 0.224 e. The molecule has 0 aliphatic carbocycles. The number of aromatic nitrogens is 2. The van der Waals surface area contributed by atoms with Gasteiger partial charge < -0.3 is 10.0 Å². The molecule has 1 aromatic heterocycles. The third-order valence-electron chi connectivity index (χ3n) is 7.13. The number of aliphatic hydroxyl groups excluding tert-OH is 1. The summed E-state index contributed by atoms with van der Waals surface area (Å²) >= 11 is 0. The molecule has 5 nitrogen and oxygen atoms in total. The van der Waals surface area contributed by atoms with Gasteiger partial charge in [0.25, 0.3) is 0 Å². The molecule has 28 heavy (non-hydrogen) atoms. The highest BCUT2D eigenvalue weighted by Gasteiger charge is 2.56. The lowest BCUT2D eigenvalue weighted by Gasteiger charge is -2.36. The van der Waals surface area contributed by atoms with Crippen LogP contribution in [-0.4, -0.2) is 44.4 Å². The highest BCUT2D eigenvalue weighted by Crippen LogP contribution is 2.51. The zero-order valence-electron chi connectivity index (χ0n) is 17.2. The molecule has 3 atom stereocenters. The summed E-state index contributed by atoms with van der Waals surface area (Å²) in [5, 5.41) is 14.9. The van der Waals surface area contributed by atoms with Crippen LogP contribution < -0.4 is 0 Å². The Bertz CT molecular complexity index is 860. The van der Waals surface area contributed by atoms with Crippen molar-refractivity contribution in [2.75, 3.05) is 6.61 Å². The number of aryl methyl sites for hydroxylation is 2. The maximum absolute atomic E-state index is 13.1. The van der Waals surface area contributed by atoms with E-state index in [4.69, 9.17) is 0 Å². The highest BCUT2D eigenvalue weighted by atomic mass is 16.3. The number of benzene rings is 1. The van der Waals surface area contributed by atoms with E-state index < -0.39 is 0 Å². The first-order chi connectivity index (χ1) is 13.4. The Balaban J connectivity index is 1.48. The molecule has 2 fully saturated rings. The van der Waals surface area contributed by atoms with Gasteiger partial charge in [-0.15, -0.1) is 0 Å². The first-order valence-corrected chi connectivity index (χ1v) is 10.4. The average Bonchev–Trinajstić information content (AvgIpc) is 3.33. The fourth-order valence-electron chi connectivity index (χ4n) is 5.42. The topological polar surface area (TPSA) is 58.4 Å². The van der Waals surface area contributed by atoms with Gasteiger partial charge in [-0.05, 0) is 57.6 Å². The molecule has 3 heterocycles. The van der Waals surface area contributed by atoms with Crippen LogP contribution in [0.25, 0.3) is 0 Å². The number of nitrogens with zero attached hydrogens (tertiary/aromatic N) is 3. The second-order valence-electron chi connectivity index (χ2n) is 8.70. The van der Waals surface area contributed by atoms with Crippen molar-refractivity contribution in [3.05, 3.63) is 52.8 Å². The third-order valence-corrected chi connectivity index (χ3v) is 7.13. The smallest absolute Gasteiger partial charge is 0.224 e. The number of amides is 1. The van der Waals surface area contributed by atoms with Gasteiger partial charge in [-0.3, -0.25) is 9.48 Å². The van der Waals surface area contributed by atoms with Crippen LogP contribution in [0.1, 0.15) is 48.2 Å². The van der Waals surface area contributed by atoms with Crippen LogP contribution in [0.5, 0.6) is 0 Å². The Morgan fingerprint density at radius 2 is 1.96 bits per heavy atom. The first-order valence-electron chi connectivity index (χ1n) is 10.4. The second kappa shape index (κ2) is 7.36. The minimum absolute atomic E-state index is 0.142. The van der Waals surface area contributed by atoms with Crippen molar-refractivity contribution in [2.24, 2.45) is 5.41 Å². The van der Waals surface area contributed by atoms with Crippen molar-refractivity contribution in [3.8, 4) is 0 Å². The molecular weight excluding hydrogens is 350 g/mol. The molecule has 5 heteroatoms. The van der Waals surface area contributed by atoms with Gasteiger partial charge in [-0.2, -0.15) is 5.10 Å². The van der Waals surface area contributed by atoms with E-state index in [1.54, 1.807) is 0 Å². The van der Waals surface area contributed by atoms with Gasteiger partial charge in [-0.25, -0.2) is 0 Å². The quantitative estimate of drug-likeness (QED) is 0.836. The Kier molecular flexibility index (Phi) is 5.04. The monoisotopic (exact) mass is 381 g/mol. The largest absolute Gasteiger partial charge is 0.396 e. The van der Waals surface area contributed by atoms with Crippen LogP contribution in [0.15, 0.2) is 30.3 Å². The Labute approximate surface area is 167 Å². The van der Waals surface area contributed by atoms with E-state index in [2.05, 4.69) is 36.0 Å². The van der Waals surface area contributed by atoms with Gasteiger partial charge in [0.05, 0.1) is 12.3 Å². The Hall–Kier alpha value is -2.14. The van der Waals surface area contributed by atoms with Gasteiger partial charge >= 0.3 is 0 Å². The van der Waals surface area contributed by atoms with Crippen molar-refractivity contribution >= 4 is 5.91 Å². The lowest BCUT2D eigenvalue weighted by molar-refractivity contribution is -0.133. The van der Waals surface area contributed by atoms with Crippen LogP contribution >= 0.6 is 0 Å². The van der Waals surface area contributed by atoms with Gasteiger partial charge in [0, 0.05) is 36.2 Å².